The minimum Gasteiger partial charge on any atom is -0.462 e. The van der Waals surface area contributed by atoms with E-state index in [2.05, 4.69) is 15.9 Å². The molecule has 1 aromatic carbocycles. The molecule has 1 unspecified atom stereocenters. The molecule has 2 heterocycles. The van der Waals surface area contributed by atoms with Gasteiger partial charge in [0.1, 0.15) is 0 Å². The molecule has 0 spiro atoms. The van der Waals surface area contributed by atoms with Gasteiger partial charge in [-0.1, -0.05) is 30.3 Å². The summed E-state index contributed by atoms with van der Waals surface area (Å²) in [5.74, 6) is -0.573. The third kappa shape index (κ3) is 2.98. The number of hydrogen-bond donors (Lipinski definition) is 0. The van der Waals surface area contributed by atoms with Gasteiger partial charge in [-0.25, -0.2) is 0 Å². The molecule has 1 aliphatic heterocycles. The zero-order chi connectivity index (χ0) is 16.6. The van der Waals surface area contributed by atoms with Crippen molar-refractivity contribution in [2.75, 3.05) is 0 Å². The molecule has 1 aromatic heterocycles. The standard InChI is InChI=1S/C18H18BrNO3/c1-11(2)23-18(22)13-8-9-20-15(10-14(19)16(13)20)17(21)12-6-4-3-5-7-12/h3-7,10-11,13H,8-9H2,1-2H3. The van der Waals surface area contributed by atoms with Crippen molar-refractivity contribution in [1.29, 1.82) is 0 Å². The Morgan fingerprint density at radius 3 is 2.61 bits per heavy atom. The molecule has 1 atom stereocenters. The Morgan fingerprint density at radius 2 is 1.96 bits per heavy atom. The first-order valence-electron chi connectivity index (χ1n) is 7.68. The number of ether oxygens (including phenoxy) is 1. The van der Waals surface area contributed by atoms with Crippen molar-refractivity contribution < 1.29 is 14.3 Å². The molecule has 0 fully saturated rings. The Labute approximate surface area is 143 Å². The Bertz CT molecular complexity index is 749. The van der Waals surface area contributed by atoms with E-state index in [9.17, 15) is 9.59 Å². The predicted octanol–water partition coefficient (Wildman–Crippen LogP) is 3.92. The SMILES string of the molecule is CC(C)OC(=O)C1CCn2c(C(=O)c3ccccc3)cc(Br)c21. The van der Waals surface area contributed by atoms with E-state index in [0.717, 1.165) is 10.2 Å². The minimum absolute atomic E-state index is 0.0320. The van der Waals surface area contributed by atoms with Gasteiger partial charge < -0.3 is 9.30 Å². The molecule has 0 saturated heterocycles. The predicted molar refractivity (Wildman–Crippen MR) is 90.6 cm³/mol. The molecule has 0 amide bonds. The van der Waals surface area contributed by atoms with Crippen molar-refractivity contribution in [2.45, 2.75) is 38.8 Å². The minimum atomic E-state index is -0.316. The Kier molecular flexibility index (Phi) is 4.39. The lowest BCUT2D eigenvalue weighted by Gasteiger charge is -2.13. The van der Waals surface area contributed by atoms with Crippen LogP contribution in [0.1, 0.15) is 47.9 Å². The van der Waals surface area contributed by atoms with Gasteiger partial charge in [-0.2, -0.15) is 0 Å². The summed E-state index contributed by atoms with van der Waals surface area (Å²) in [6, 6.07) is 11.0. The van der Waals surface area contributed by atoms with Crippen LogP contribution in [0.2, 0.25) is 0 Å². The van der Waals surface area contributed by atoms with E-state index in [1.54, 1.807) is 18.2 Å². The number of benzene rings is 1. The summed E-state index contributed by atoms with van der Waals surface area (Å²) in [5.41, 5.74) is 2.10. The highest BCUT2D eigenvalue weighted by Crippen LogP contribution is 2.38. The topological polar surface area (TPSA) is 48.3 Å². The molecule has 5 heteroatoms. The summed E-state index contributed by atoms with van der Waals surface area (Å²) in [4.78, 5) is 25.0. The van der Waals surface area contributed by atoms with Crippen LogP contribution in [0.4, 0.5) is 0 Å². The van der Waals surface area contributed by atoms with Gasteiger partial charge >= 0.3 is 5.97 Å². The van der Waals surface area contributed by atoms with Crippen LogP contribution in [0, 0.1) is 0 Å². The largest absolute Gasteiger partial charge is 0.462 e. The highest BCUT2D eigenvalue weighted by Gasteiger charge is 2.35. The van der Waals surface area contributed by atoms with Gasteiger partial charge in [-0.3, -0.25) is 9.59 Å². The van der Waals surface area contributed by atoms with Crippen molar-refractivity contribution in [3.63, 3.8) is 0 Å². The average Bonchev–Trinajstić information content (AvgIpc) is 3.08. The number of halogens is 1. The van der Waals surface area contributed by atoms with Gasteiger partial charge in [-0.05, 0) is 42.3 Å². The van der Waals surface area contributed by atoms with Crippen molar-refractivity contribution in [1.82, 2.24) is 4.57 Å². The number of ketones is 1. The summed E-state index contributed by atoms with van der Waals surface area (Å²) in [7, 11) is 0. The number of hydrogen-bond acceptors (Lipinski definition) is 3. The maximum absolute atomic E-state index is 12.7. The van der Waals surface area contributed by atoms with E-state index >= 15 is 0 Å². The molecule has 2 aromatic rings. The van der Waals surface area contributed by atoms with Crippen LogP contribution in [0.25, 0.3) is 0 Å². The fourth-order valence-corrected chi connectivity index (χ4v) is 3.70. The van der Waals surface area contributed by atoms with E-state index < -0.39 is 0 Å². The van der Waals surface area contributed by atoms with Gasteiger partial charge in [0.05, 0.1) is 17.7 Å². The smallest absolute Gasteiger partial charge is 0.315 e. The van der Waals surface area contributed by atoms with E-state index in [0.29, 0.717) is 24.2 Å². The lowest BCUT2D eigenvalue weighted by atomic mass is 10.1. The van der Waals surface area contributed by atoms with Crippen LogP contribution in [-0.4, -0.2) is 22.4 Å². The monoisotopic (exact) mass is 375 g/mol. The average molecular weight is 376 g/mol. The molecular weight excluding hydrogens is 358 g/mol. The van der Waals surface area contributed by atoms with Crippen LogP contribution in [0.3, 0.4) is 0 Å². The highest BCUT2D eigenvalue weighted by atomic mass is 79.9. The molecule has 3 rings (SSSR count). The van der Waals surface area contributed by atoms with E-state index in [4.69, 9.17) is 4.74 Å². The van der Waals surface area contributed by atoms with E-state index in [1.807, 2.05) is 36.6 Å². The highest BCUT2D eigenvalue weighted by molar-refractivity contribution is 9.10. The fraction of sp³-hybridized carbons (Fsp3) is 0.333. The maximum Gasteiger partial charge on any atom is 0.315 e. The third-order valence-corrected chi connectivity index (χ3v) is 4.60. The maximum atomic E-state index is 12.7. The van der Waals surface area contributed by atoms with Crippen LogP contribution in [0.15, 0.2) is 40.9 Å². The number of nitrogens with zero attached hydrogens (tertiary/aromatic N) is 1. The van der Waals surface area contributed by atoms with Gasteiger partial charge in [0, 0.05) is 22.3 Å². The number of aromatic nitrogens is 1. The molecule has 23 heavy (non-hydrogen) atoms. The lowest BCUT2D eigenvalue weighted by Crippen LogP contribution is -2.18. The fourth-order valence-electron chi connectivity index (χ4n) is 2.99. The summed E-state index contributed by atoms with van der Waals surface area (Å²) in [5, 5.41) is 0. The number of fused-ring (bicyclic) bond motifs is 1. The number of rotatable bonds is 4. The summed E-state index contributed by atoms with van der Waals surface area (Å²) < 4.78 is 8.07. The van der Waals surface area contributed by atoms with Gasteiger partial charge in [0.15, 0.2) is 0 Å². The molecule has 0 saturated carbocycles. The lowest BCUT2D eigenvalue weighted by molar-refractivity contribution is -0.149. The van der Waals surface area contributed by atoms with Gasteiger partial charge in [0.2, 0.25) is 5.78 Å². The first-order valence-corrected chi connectivity index (χ1v) is 8.47. The van der Waals surface area contributed by atoms with Crippen molar-refractivity contribution in [2.24, 2.45) is 0 Å². The molecular formula is C18H18BrNO3. The Hall–Kier alpha value is -1.88. The molecule has 4 nitrogen and oxygen atoms in total. The number of esters is 1. The number of carbonyl (C=O) groups is 2. The van der Waals surface area contributed by atoms with Gasteiger partial charge in [-0.15, -0.1) is 0 Å². The number of carbonyl (C=O) groups excluding carboxylic acids is 2. The van der Waals surface area contributed by atoms with Gasteiger partial charge in [0.25, 0.3) is 0 Å². The second kappa shape index (κ2) is 6.32. The van der Waals surface area contributed by atoms with E-state index in [-0.39, 0.29) is 23.8 Å². The molecule has 0 radical (unpaired) electrons. The third-order valence-electron chi connectivity index (χ3n) is 3.97. The molecule has 0 aliphatic carbocycles. The zero-order valence-corrected chi connectivity index (χ0v) is 14.7. The van der Waals surface area contributed by atoms with Crippen LogP contribution in [0.5, 0.6) is 0 Å². The van der Waals surface area contributed by atoms with Crippen molar-refractivity contribution >= 4 is 27.7 Å². The molecule has 0 N–H and O–H groups in total. The Morgan fingerprint density at radius 1 is 1.26 bits per heavy atom. The van der Waals surface area contributed by atoms with Crippen LogP contribution < -0.4 is 0 Å². The molecule has 0 bridgehead atoms. The molecule has 120 valence electrons. The van der Waals surface area contributed by atoms with E-state index in [1.165, 1.54) is 0 Å². The summed E-state index contributed by atoms with van der Waals surface area (Å²) >= 11 is 3.50. The first-order chi connectivity index (χ1) is 11.0. The van der Waals surface area contributed by atoms with Crippen LogP contribution >= 0.6 is 15.9 Å². The second-order valence-electron chi connectivity index (χ2n) is 5.94. The first kappa shape index (κ1) is 16.0. The zero-order valence-electron chi connectivity index (χ0n) is 13.1. The van der Waals surface area contributed by atoms with Crippen molar-refractivity contribution in [3.05, 3.63) is 57.8 Å². The van der Waals surface area contributed by atoms with Crippen molar-refractivity contribution in [3.8, 4) is 0 Å². The summed E-state index contributed by atoms with van der Waals surface area (Å²) in [6.07, 6.45) is 0.519. The quantitative estimate of drug-likeness (QED) is 0.600. The van der Waals surface area contributed by atoms with Crippen LogP contribution in [-0.2, 0) is 16.1 Å². The summed E-state index contributed by atoms with van der Waals surface area (Å²) in [6.45, 7) is 4.32. The molecule has 1 aliphatic rings. The second-order valence-corrected chi connectivity index (χ2v) is 6.79. The normalized spacial score (nSPS) is 16.4. The Balaban J connectivity index is 1.95.